The van der Waals surface area contributed by atoms with E-state index in [1.165, 1.54) is 12.1 Å². The van der Waals surface area contributed by atoms with Crippen molar-refractivity contribution in [3.63, 3.8) is 0 Å². The van der Waals surface area contributed by atoms with Crippen molar-refractivity contribution in [1.82, 2.24) is 20.2 Å². The molecular weight excluding hydrogens is 336 g/mol. The number of hydrogen-bond donors (Lipinski definition) is 2. The Hall–Kier alpha value is -2.81. The molecule has 24 heavy (non-hydrogen) atoms. The fraction of sp³-hybridized carbons (Fsp3) is 0.0667. The molecule has 0 aliphatic carbocycles. The van der Waals surface area contributed by atoms with Crippen LogP contribution >= 0.6 is 11.8 Å². The highest BCUT2D eigenvalue weighted by Gasteiger charge is 2.41. The Morgan fingerprint density at radius 2 is 1.83 bits per heavy atom. The maximum Gasteiger partial charge on any atom is 0.378 e. The number of para-hydroxylation sites is 1. The zero-order valence-corrected chi connectivity index (χ0v) is 12.9. The summed E-state index contributed by atoms with van der Waals surface area (Å²) in [4.78, 5) is 18.4. The number of nitrogens with zero attached hydrogens (tertiary/aromatic N) is 3. The minimum Gasteiger partial charge on any atom is -0.320 e. The Balaban J connectivity index is 1.70. The largest absolute Gasteiger partial charge is 0.378 e. The van der Waals surface area contributed by atoms with Gasteiger partial charge in [-0.25, -0.2) is 0 Å². The number of alkyl halides is 2. The summed E-state index contributed by atoms with van der Waals surface area (Å²) in [6.07, 6.45) is 1.55. The van der Waals surface area contributed by atoms with Crippen LogP contribution in [0.15, 0.2) is 59.9 Å². The van der Waals surface area contributed by atoms with Crippen LogP contribution in [0.4, 0.5) is 14.5 Å². The van der Waals surface area contributed by atoms with Crippen LogP contribution in [0.3, 0.4) is 0 Å². The normalized spacial score (nSPS) is 11.2. The summed E-state index contributed by atoms with van der Waals surface area (Å²) in [5, 5.41) is 5.65. The second kappa shape index (κ2) is 6.75. The van der Waals surface area contributed by atoms with E-state index in [2.05, 4.69) is 25.5 Å². The van der Waals surface area contributed by atoms with Gasteiger partial charge in [-0.1, -0.05) is 24.3 Å². The average Bonchev–Trinajstić information content (AvgIpc) is 3.04. The van der Waals surface area contributed by atoms with Gasteiger partial charge in [-0.2, -0.15) is 8.78 Å². The summed E-state index contributed by atoms with van der Waals surface area (Å²) in [6, 6.07) is 13.1. The molecule has 122 valence electrons. The third-order valence-corrected chi connectivity index (χ3v) is 3.71. The van der Waals surface area contributed by atoms with Crippen LogP contribution in [0.25, 0.3) is 11.5 Å². The van der Waals surface area contributed by atoms with Gasteiger partial charge in [0.1, 0.15) is 5.69 Å². The van der Waals surface area contributed by atoms with E-state index < -0.39 is 11.2 Å². The van der Waals surface area contributed by atoms with Crippen LogP contribution in [-0.2, 0) is 4.79 Å². The van der Waals surface area contributed by atoms with Crippen molar-refractivity contribution < 1.29 is 13.6 Å². The van der Waals surface area contributed by atoms with Crippen molar-refractivity contribution in [2.45, 2.75) is 10.4 Å². The van der Waals surface area contributed by atoms with Crippen LogP contribution in [0.2, 0.25) is 0 Å². The molecule has 0 saturated heterocycles. The second-order valence-corrected chi connectivity index (χ2v) is 5.74. The number of amides is 1. The summed E-state index contributed by atoms with van der Waals surface area (Å²) < 4.78 is 28.1. The van der Waals surface area contributed by atoms with Gasteiger partial charge in [0, 0.05) is 11.9 Å². The number of hydrogen-bond acceptors (Lipinski definition) is 5. The van der Waals surface area contributed by atoms with E-state index in [1.54, 1.807) is 42.6 Å². The molecular formula is C15H11F2N5OS. The molecule has 6 nitrogen and oxygen atoms in total. The van der Waals surface area contributed by atoms with E-state index in [0.29, 0.717) is 5.69 Å². The molecule has 0 radical (unpaired) electrons. The summed E-state index contributed by atoms with van der Waals surface area (Å²) in [6.45, 7) is 0. The van der Waals surface area contributed by atoms with Crippen LogP contribution in [-0.4, -0.2) is 31.3 Å². The molecule has 1 amide bonds. The van der Waals surface area contributed by atoms with Gasteiger partial charge in [0.25, 0.3) is 0 Å². The summed E-state index contributed by atoms with van der Waals surface area (Å²) in [7, 11) is 0. The van der Waals surface area contributed by atoms with Gasteiger partial charge in [-0.05, 0) is 36.0 Å². The average molecular weight is 347 g/mol. The molecule has 3 aromatic rings. The van der Waals surface area contributed by atoms with Crippen molar-refractivity contribution >= 4 is 23.4 Å². The van der Waals surface area contributed by atoms with E-state index in [1.807, 2.05) is 0 Å². The van der Waals surface area contributed by atoms with Crippen LogP contribution < -0.4 is 5.32 Å². The molecule has 0 fully saturated rings. The van der Waals surface area contributed by atoms with E-state index in [9.17, 15) is 13.6 Å². The number of rotatable bonds is 5. The van der Waals surface area contributed by atoms with Gasteiger partial charge in [-0.15, -0.1) is 10.2 Å². The van der Waals surface area contributed by atoms with Gasteiger partial charge < -0.3 is 10.3 Å². The maximum absolute atomic E-state index is 14.0. The smallest absolute Gasteiger partial charge is 0.320 e. The number of benzene rings is 1. The number of anilines is 1. The van der Waals surface area contributed by atoms with Gasteiger partial charge in [0.2, 0.25) is 0 Å². The first-order valence-corrected chi connectivity index (χ1v) is 7.64. The first-order chi connectivity index (χ1) is 11.5. The number of carbonyl (C=O) groups excluding carboxylic acids is 1. The molecule has 0 atom stereocenters. The molecule has 0 saturated carbocycles. The summed E-state index contributed by atoms with van der Waals surface area (Å²) in [5.74, 6) is -1.19. The number of thioether (sulfide) groups is 1. The van der Waals surface area contributed by atoms with Crippen LogP contribution in [0.5, 0.6) is 0 Å². The molecule has 0 aliphatic heterocycles. The molecule has 9 heteroatoms. The van der Waals surface area contributed by atoms with Gasteiger partial charge >= 0.3 is 11.2 Å². The topological polar surface area (TPSA) is 83.6 Å². The van der Waals surface area contributed by atoms with Crippen molar-refractivity contribution in [2.75, 3.05) is 5.32 Å². The Kier molecular flexibility index (Phi) is 4.52. The van der Waals surface area contributed by atoms with Crippen LogP contribution in [0.1, 0.15) is 0 Å². The van der Waals surface area contributed by atoms with E-state index in [4.69, 9.17) is 0 Å². The van der Waals surface area contributed by atoms with Crippen molar-refractivity contribution in [1.29, 1.82) is 0 Å². The standard InChI is InChI=1S/C15H11F2N5OS/c16-15(17,13(23)19-10-6-2-1-3-7-10)24-14-20-12(21-22-14)11-8-4-5-9-18-11/h1-9H,(H,19,23)(H,20,21,22). The highest BCUT2D eigenvalue weighted by Crippen LogP contribution is 2.35. The molecule has 2 aromatic heterocycles. The van der Waals surface area contributed by atoms with E-state index in [-0.39, 0.29) is 28.4 Å². The predicted molar refractivity (Wildman–Crippen MR) is 85.5 cm³/mol. The van der Waals surface area contributed by atoms with Gasteiger partial charge in [-0.3, -0.25) is 9.78 Å². The zero-order valence-electron chi connectivity index (χ0n) is 12.1. The molecule has 1 aromatic carbocycles. The Bertz CT molecular complexity index is 826. The van der Waals surface area contributed by atoms with Crippen molar-refractivity contribution in [2.24, 2.45) is 0 Å². The maximum atomic E-state index is 14.0. The number of H-pyrrole nitrogens is 1. The number of aromatic nitrogens is 4. The van der Waals surface area contributed by atoms with Crippen LogP contribution in [0, 0.1) is 0 Å². The first kappa shape index (κ1) is 16.1. The summed E-state index contributed by atoms with van der Waals surface area (Å²) in [5.41, 5.74) is 0.753. The first-order valence-electron chi connectivity index (χ1n) is 6.82. The Morgan fingerprint density at radius 3 is 2.54 bits per heavy atom. The second-order valence-electron chi connectivity index (χ2n) is 4.63. The molecule has 2 N–H and O–H groups in total. The monoisotopic (exact) mass is 347 g/mol. The highest BCUT2D eigenvalue weighted by atomic mass is 32.2. The molecule has 0 spiro atoms. The lowest BCUT2D eigenvalue weighted by Gasteiger charge is -2.13. The zero-order chi connectivity index (χ0) is 17.0. The van der Waals surface area contributed by atoms with Gasteiger partial charge in [0.05, 0.1) is 0 Å². The predicted octanol–water partition coefficient (Wildman–Crippen LogP) is 3.19. The molecule has 2 heterocycles. The number of nitrogens with one attached hydrogen (secondary N) is 2. The lowest BCUT2D eigenvalue weighted by atomic mass is 10.3. The fourth-order valence-corrected chi connectivity index (χ4v) is 2.42. The lowest BCUT2D eigenvalue weighted by Crippen LogP contribution is -2.31. The quantitative estimate of drug-likeness (QED) is 0.693. The van der Waals surface area contributed by atoms with Gasteiger partial charge in [0.15, 0.2) is 11.0 Å². The highest BCUT2D eigenvalue weighted by molar-refractivity contribution is 8.00. The molecule has 0 aliphatic rings. The van der Waals surface area contributed by atoms with Crippen molar-refractivity contribution in [3.8, 4) is 11.5 Å². The van der Waals surface area contributed by atoms with E-state index in [0.717, 1.165) is 0 Å². The third kappa shape index (κ3) is 3.74. The SMILES string of the molecule is O=C(Nc1ccccc1)C(F)(F)Sc1nnc(-c2ccccn2)[nH]1. The fourth-order valence-electron chi connectivity index (χ4n) is 1.80. The molecule has 0 unspecified atom stereocenters. The number of carbonyl (C=O) groups is 1. The Morgan fingerprint density at radius 1 is 1.08 bits per heavy atom. The number of aromatic amines is 1. The third-order valence-electron chi connectivity index (χ3n) is 2.89. The number of halogens is 2. The minimum atomic E-state index is -3.71. The number of pyridine rings is 1. The van der Waals surface area contributed by atoms with Crippen molar-refractivity contribution in [3.05, 3.63) is 54.7 Å². The lowest BCUT2D eigenvalue weighted by molar-refractivity contribution is -0.129. The molecule has 3 rings (SSSR count). The summed E-state index contributed by atoms with van der Waals surface area (Å²) >= 11 is -0.0136. The Labute approximate surface area is 139 Å². The minimum absolute atomic E-state index is 0.0136. The molecule has 0 bridgehead atoms. The van der Waals surface area contributed by atoms with E-state index >= 15 is 0 Å².